The highest BCUT2D eigenvalue weighted by Crippen LogP contribution is 2.23. The molecule has 2 rings (SSSR count). The smallest absolute Gasteiger partial charge is 0.234 e. The minimum Gasteiger partial charge on any atom is -0.496 e. The van der Waals surface area contributed by atoms with E-state index in [1.807, 2.05) is 54.4 Å². The molecule has 0 fully saturated rings. The Hall–Kier alpha value is -1.56. The number of methoxy groups -OCH3 is 1. The summed E-state index contributed by atoms with van der Waals surface area (Å²) in [6.45, 7) is 1.39. The van der Waals surface area contributed by atoms with Gasteiger partial charge in [0.25, 0.3) is 0 Å². The number of rotatable bonds is 7. The van der Waals surface area contributed by atoms with Crippen LogP contribution in [0.4, 0.5) is 0 Å². The molecule has 0 bridgehead atoms. The largest absolute Gasteiger partial charge is 0.496 e. The van der Waals surface area contributed by atoms with Crippen molar-refractivity contribution < 1.29 is 9.53 Å². The van der Waals surface area contributed by atoms with E-state index in [2.05, 4.69) is 21.2 Å². The first-order valence-corrected chi connectivity index (χ1v) is 8.67. The van der Waals surface area contributed by atoms with Gasteiger partial charge in [-0.3, -0.25) is 9.69 Å². The predicted molar refractivity (Wildman–Crippen MR) is 100 cm³/mol. The summed E-state index contributed by atoms with van der Waals surface area (Å²) in [6, 6.07) is 13.3. The SMILES string of the molecule is COc1ccc(Br)cc1CN(C)CC(=O)NCc1cccc(Cl)c1. The van der Waals surface area contributed by atoms with Gasteiger partial charge in [0.1, 0.15) is 5.75 Å². The first kappa shape index (κ1) is 18.8. The maximum Gasteiger partial charge on any atom is 0.234 e. The molecule has 0 radical (unpaired) electrons. The van der Waals surface area contributed by atoms with E-state index in [0.29, 0.717) is 24.7 Å². The first-order valence-electron chi connectivity index (χ1n) is 7.50. The number of hydrogen-bond acceptors (Lipinski definition) is 3. The second-order valence-electron chi connectivity index (χ2n) is 5.54. The van der Waals surface area contributed by atoms with E-state index in [9.17, 15) is 4.79 Å². The number of nitrogens with zero attached hydrogens (tertiary/aromatic N) is 1. The summed E-state index contributed by atoms with van der Waals surface area (Å²) in [4.78, 5) is 14.0. The van der Waals surface area contributed by atoms with Crippen molar-refractivity contribution in [3.8, 4) is 5.75 Å². The van der Waals surface area contributed by atoms with Crippen molar-refractivity contribution >= 4 is 33.4 Å². The molecule has 0 spiro atoms. The number of carbonyl (C=O) groups is 1. The fourth-order valence-electron chi connectivity index (χ4n) is 2.37. The third-order valence-electron chi connectivity index (χ3n) is 3.47. The Morgan fingerprint density at radius 3 is 2.79 bits per heavy atom. The molecule has 0 unspecified atom stereocenters. The lowest BCUT2D eigenvalue weighted by Crippen LogP contribution is -2.34. The van der Waals surface area contributed by atoms with Crippen molar-refractivity contribution in [3.05, 3.63) is 63.1 Å². The van der Waals surface area contributed by atoms with E-state index in [1.54, 1.807) is 7.11 Å². The van der Waals surface area contributed by atoms with Crippen molar-refractivity contribution in [1.29, 1.82) is 0 Å². The van der Waals surface area contributed by atoms with Gasteiger partial charge in [-0.1, -0.05) is 39.7 Å². The molecular formula is C18H20BrClN2O2. The highest BCUT2D eigenvalue weighted by molar-refractivity contribution is 9.10. The third kappa shape index (κ3) is 5.82. The van der Waals surface area contributed by atoms with Gasteiger partial charge >= 0.3 is 0 Å². The second kappa shape index (κ2) is 9.06. The summed E-state index contributed by atoms with van der Waals surface area (Å²) >= 11 is 9.40. The second-order valence-corrected chi connectivity index (χ2v) is 6.89. The van der Waals surface area contributed by atoms with Crippen LogP contribution in [0.1, 0.15) is 11.1 Å². The Labute approximate surface area is 155 Å². The van der Waals surface area contributed by atoms with Crippen LogP contribution in [-0.2, 0) is 17.9 Å². The van der Waals surface area contributed by atoms with Crippen LogP contribution in [0.15, 0.2) is 46.9 Å². The molecule has 0 aliphatic heterocycles. The first-order chi connectivity index (χ1) is 11.5. The van der Waals surface area contributed by atoms with Gasteiger partial charge in [0, 0.05) is 28.1 Å². The molecule has 24 heavy (non-hydrogen) atoms. The average Bonchev–Trinajstić information content (AvgIpc) is 2.53. The Morgan fingerprint density at radius 2 is 2.08 bits per heavy atom. The van der Waals surface area contributed by atoms with Crippen LogP contribution in [0.3, 0.4) is 0 Å². The molecule has 6 heteroatoms. The summed E-state index contributed by atoms with van der Waals surface area (Å²) in [5.41, 5.74) is 2.00. The molecule has 1 amide bonds. The summed E-state index contributed by atoms with van der Waals surface area (Å²) in [5, 5.41) is 3.57. The van der Waals surface area contributed by atoms with Gasteiger partial charge in [-0.05, 0) is 42.9 Å². The normalized spacial score (nSPS) is 10.7. The Bertz CT molecular complexity index is 709. The lowest BCUT2D eigenvalue weighted by molar-refractivity contribution is -0.122. The zero-order chi connectivity index (χ0) is 17.5. The Kier molecular flexibility index (Phi) is 7.09. The predicted octanol–water partition coefficient (Wildman–Crippen LogP) is 3.86. The van der Waals surface area contributed by atoms with Crippen LogP contribution in [0, 0.1) is 0 Å². The average molecular weight is 412 g/mol. The summed E-state index contributed by atoms with van der Waals surface area (Å²) in [7, 11) is 3.55. The third-order valence-corrected chi connectivity index (χ3v) is 4.20. The molecule has 2 aromatic rings. The monoisotopic (exact) mass is 410 g/mol. The topological polar surface area (TPSA) is 41.6 Å². The zero-order valence-corrected chi connectivity index (χ0v) is 16.0. The van der Waals surface area contributed by atoms with E-state index in [0.717, 1.165) is 21.3 Å². The van der Waals surface area contributed by atoms with Crippen LogP contribution in [0.5, 0.6) is 5.75 Å². The minimum atomic E-state index is -0.0357. The van der Waals surface area contributed by atoms with E-state index in [4.69, 9.17) is 16.3 Å². The molecule has 2 aromatic carbocycles. The quantitative estimate of drug-likeness (QED) is 0.752. The lowest BCUT2D eigenvalue weighted by Gasteiger charge is -2.18. The van der Waals surface area contributed by atoms with Crippen LogP contribution < -0.4 is 10.1 Å². The van der Waals surface area contributed by atoms with E-state index >= 15 is 0 Å². The summed E-state index contributed by atoms with van der Waals surface area (Å²) < 4.78 is 6.35. The van der Waals surface area contributed by atoms with Crippen LogP contribution >= 0.6 is 27.5 Å². The van der Waals surface area contributed by atoms with Gasteiger partial charge in [0.2, 0.25) is 5.91 Å². The molecule has 0 aliphatic rings. The molecule has 0 atom stereocenters. The highest BCUT2D eigenvalue weighted by atomic mass is 79.9. The number of halogens is 2. The molecule has 0 aromatic heterocycles. The van der Waals surface area contributed by atoms with Gasteiger partial charge in [-0.25, -0.2) is 0 Å². The molecule has 128 valence electrons. The zero-order valence-electron chi connectivity index (χ0n) is 13.7. The van der Waals surface area contributed by atoms with Crippen molar-refractivity contribution in [2.75, 3.05) is 20.7 Å². The van der Waals surface area contributed by atoms with Gasteiger partial charge in [-0.15, -0.1) is 0 Å². The number of nitrogens with one attached hydrogen (secondary N) is 1. The summed E-state index contributed by atoms with van der Waals surface area (Å²) in [5.74, 6) is 0.774. The number of benzene rings is 2. The van der Waals surface area contributed by atoms with Crippen molar-refractivity contribution in [3.63, 3.8) is 0 Å². The van der Waals surface area contributed by atoms with Gasteiger partial charge in [0.15, 0.2) is 0 Å². The number of likely N-dealkylation sites (N-methyl/N-ethyl adjacent to an activating group) is 1. The van der Waals surface area contributed by atoms with Crippen molar-refractivity contribution in [2.45, 2.75) is 13.1 Å². The fourth-order valence-corrected chi connectivity index (χ4v) is 2.99. The molecule has 0 saturated carbocycles. The highest BCUT2D eigenvalue weighted by Gasteiger charge is 2.10. The Morgan fingerprint density at radius 1 is 1.29 bits per heavy atom. The number of carbonyl (C=O) groups excluding carboxylic acids is 1. The Balaban J connectivity index is 1.86. The molecule has 0 aliphatic carbocycles. The van der Waals surface area contributed by atoms with E-state index < -0.39 is 0 Å². The molecule has 0 heterocycles. The van der Waals surface area contributed by atoms with Crippen LogP contribution in [-0.4, -0.2) is 31.5 Å². The van der Waals surface area contributed by atoms with Crippen molar-refractivity contribution in [2.24, 2.45) is 0 Å². The van der Waals surface area contributed by atoms with Gasteiger partial charge in [0.05, 0.1) is 13.7 Å². The molecular weight excluding hydrogens is 392 g/mol. The lowest BCUT2D eigenvalue weighted by atomic mass is 10.2. The number of ether oxygens (including phenoxy) is 1. The van der Waals surface area contributed by atoms with Crippen LogP contribution in [0.25, 0.3) is 0 Å². The van der Waals surface area contributed by atoms with Gasteiger partial charge < -0.3 is 10.1 Å². The number of hydrogen-bond donors (Lipinski definition) is 1. The molecule has 4 nitrogen and oxygen atoms in total. The summed E-state index contributed by atoms with van der Waals surface area (Å²) in [6.07, 6.45) is 0. The minimum absolute atomic E-state index is 0.0357. The molecule has 1 N–H and O–H groups in total. The fraction of sp³-hybridized carbons (Fsp3) is 0.278. The van der Waals surface area contributed by atoms with Crippen LogP contribution in [0.2, 0.25) is 5.02 Å². The van der Waals surface area contributed by atoms with Crippen molar-refractivity contribution in [1.82, 2.24) is 10.2 Å². The van der Waals surface area contributed by atoms with Gasteiger partial charge in [-0.2, -0.15) is 0 Å². The standard InChI is InChI=1S/C18H20BrClN2O2/c1-22(11-14-9-15(19)6-7-17(14)24-2)12-18(23)21-10-13-4-3-5-16(20)8-13/h3-9H,10-12H2,1-2H3,(H,21,23). The van der Waals surface area contributed by atoms with E-state index in [-0.39, 0.29) is 5.91 Å². The maximum atomic E-state index is 12.1. The molecule has 0 saturated heterocycles. The van der Waals surface area contributed by atoms with E-state index in [1.165, 1.54) is 0 Å². The number of amides is 1. The maximum absolute atomic E-state index is 12.1.